The van der Waals surface area contributed by atoms with Crippen molar-refractivity contribution in [1.82, 2.24) is 15.3 Å². The molecule has 0 bridgehead atoms. The van der Waals surface area contributed by atoms with Crippen LogP contribution in [0.1, 0.15) is 5.82 Å². The third kappa shape index (κ3) is 3.78. The number of nitrogens with zero attached hydrogens (tertiary/aromatic N) is 1. The standard InChI is InChI=1S/C16H13ClFN3O2/c17-11-7-10(5-6-12(11)18)23-9-16(22)19-8-15-20-13-3-1-2-4-14(13)21-15/h1-7H,8-9H2,(H,19,22)(H,20,21). The van der Waals surface area contributed by atoms with Gasteiger partial charge in [-0.1, -0.05) is 23.7 Å². The van der Waals surface area contributed by atoms with Crippen LogP contribution >= 0.6 is 11.6 Å². The van der Waals surface area contributed by atoms with Gasteiger partial charge < -0.3 is 15.0 Å². The fraction of sp³-hybridized carbons (Fsp3) is 0.125. The minimum Gasteiger partial charge on any atom is -0.484 e. The number of nitrogens with one attached hydrogen (secondary N) is 2. The Morgan fingerprint density at radius 1 is 1.30 bits per heavy atom. The van der Waals surface area contributed by atoms with Crippen molar-refractivity contribution in [3.8, 4) is 5.75 Å². The van der Waals surface area contributed by atoms with E-state index in [2.05, 4.69) is 15.3 Å². The second kappa shape index (κ2) is 6.66. The zero-order valence-corrected chi connectivity index (χ0v) is 12.7. The molecule has 23 heavy (non-hydrogen) atoms. The summed E-state index contributed by atoms with van der Waals surface area (Å²) in [5.41, 5.74) is 1.75. The minimum absolute atomic E-state index is 0.0508. The Balaban J connectivity index is 1.52. The lowest BCUT2D eigenvalue weighted by molar-refractivity contribution is -0.123. The van der Waals surface area contributed by atoms with Gasteiger partial charge >= 0.3 is 0 Å². The average Bonchev–Trinajstić information content (AvgIpc) is 2.97. The molecule has 118 valence electrons. The van der Waals surface area contributed by atoms with Crippen LogP contribution in [0.4, 0.5) is 4.39 Å². The van der Waals surface area contributed by atoms with Crippen LogP contribution in [-0.4, -0.2) is 22.5 Å². The number of rotatable bonds is 5. The van der Waals surface area contributed by atoms with Crippen molar-refractivity contribution in [3.63, 3.8) is 0 Å². The molecule has 2 N–H and O–H groups in total. The van der Waals surface area contributed by atoms with Gasteiger partial charge in [-0.05, 0) is 24.3 Å². The fourth-order valence-electron chi connectivity index (χ4n) is 2.04. The number of imidazole rings is 1. The number of benzene rings is 2. The summed E-state index contributed by atoms with van der Waals surface area (Å²) in [4.78, 5) is 19.2. The molecule has 0 aliphatic carbocycles. The predicted octanol–water partition coefficient (Wildman–Crippen LogP) is 3.05. The van der Waals surface area contributed by atoms with E-state index < -0.39 is 5.82 Å². The molecule has 1 aromatic heterocycles. The van der Waals surface area contributed by atoms with Crippen LogP contribution in [0.25, 0.3) is 11.0 Å². The summed E-state index contributed by atoms with van der Waals surface area (Å²) in [7, 11) is 0. The Bertz CT molecular complexity index is 817. The van der Waals surface area contributed by atoms with Gasteiger partial charge in [0.2, 0.25) is 0 Å². The van der Waals surface area contributed by atoms with Gasteiger partial charge in [0.05, 0.1) is 22.6 Å². The summed E-state index contributed by atoms with van der Waals surface area (Å²) < 4.78 is 18.3. The molecule has 0 aliphatic heterocycles. The number of ether oxygens (including phenoxy) is 1. The normalized spacial score (nSPS) is 10.7. The number of hydrogen-bond acceptors (Lipinski definition) is 3. The number of aromatic nitrogens is 2. The number of amides is 1. The molecule has 0 aliphatic rings. The van der Waals surface area contributed by atoms with Crippen LogP contribution in [-0.2, 0) is 11.3 Å². The first-order valence-corrected chi connectivity index (χ1v) is 7.28. The SMILES string of the molecule is O=C(COc1ccc(F)c(Cl)c1)NCc1nc2ccccc2[nH]1. The van der Waals surface area contributed by atoms with Crippen molar-refractivity contribution in [2.24, 2.45) is 0 Å². The molecule has 1 amide bonds. The molecule has 0 radical (unpaired) electrons. The fourth-order valence-corrected chi connectivity index (χ4v) is 2.21. The van der Waals surface area contributed by atoms with E-state index >= 15 is 0 Å². The first kappa shape index (κ1) is 15.3. The van der Waals surface area contributed by atoms with Gasteiger partial charge in [-0.3, -0.25) is 4.79 Å². The molecule has 1 heterocycles. The quantitative estimate of drug-likeness (QED) is 0.754. The lowest BCUT2D eigenvalue weighted by Crippen LogP contribution is -2.28. The lowest BCUT2D eigenvalue weighted by Gasteiger charge is -2.07. The Morgan fingerprint density at radius 2 is 2.13 bits per heavy atom. The van der Waals surface area contributed by atoms with Crippen LogP contribution < -0.4 is 10.1 Å². The number of para-hydroxylation sites is 2. The third-order valence-electron chi connectivity index (χ3n) is 3.15. The Kier molecular flexibility index (Phi) is 4.43. The van der Waals surface area contributed by atoms with Gasteiger partial charge in [0.1, 0.15) is 17.4 Å². The van der Waals surface area contributed by atoms with Crippen LogP contribution in [0, 0.1) is 5.82 Å². The van der Waals surface area contributed by atoms with Crippen LogP contribution in [0.3, 0.4) is 0 Å². The number of carbonyl (C=O) groups is 1. The minimum atomic E-state index is -0.534. The number of carbonyl (C=O) groups excluding carboxylic acids is 1. The van der Waals surface area contributed by atoms with Gasteiger partial charge in [0.25, 0.3) is 5.91 Å². The largest absolute Gasteiger partial charge is 0.484 e. The highest BCUT2D eigenvalue weighted by atomic mass is 35.5. The van der Waals surface area contributed by atoms with Crippen molar-refractivity contribution >= 4 is 28.5 Å². The van der Waals surface area contributed by atoms with Crippen molar-refractivity contribution in [2.75, 3.05) is 6.61 Å². The third-order valence-corrected chi connectivity index (χ3v) is 3.44. The van der Waals surface area contributed by atoms with Gasteiger partial charge in [-0.25, -0.2) is 9.37 Å². The van der Waals surface area contributed by atoms with Gasteiger partial charge in [0, 0.05) is 6.07 Å². The van der Waals surface area contributed by atoms with E-state index in [9.17, 15) is 9.18 Å². The van der Waals surface area contributed by atoms with E-state index in [-0.39, 0.29) is 24.1 Å². The number of H-pyrrole nitrogens is 1. The molecule has 7 heteroatoms. The monoisotopic (exact) mass is 333 g/mol. The highest BCUT2D eigenvalue weighted by Gasteiger charge is 2.07. The Labute approximate surface area is 136 Å². The molecule has 0 atom stereocenters. The van der Waals surface area contributed by atoms with Crippen molar-refractivity contribution in [3.05, 3.63) is 59.1 Å². The number of halogens is 2. The molecular weight excluding hydrogens is 321 g/mol. The molecule has 3 aromatic rings. The molecule has 0 unspecified atom stereocenters. The first-order chi connectivity index (χ1) is 11.1. The maximum atomic E-state index is 13.0. The second-order valence-corrected chi connectivity index (χ2v) is 5.25. The summed E-state index contributed by atoms with van der Waals surface area (Å²) in [6, 6.07) is 11.5. The first-order valence-electron chi connectivity index (χ1n) is 6.90. The summed E-state index contributed by atoms with van der Waals surface area (Å²) in [6.45, 7) is 0.0727. The molecule has 5 nitrogen and oxygen atoms in total. The molecule has 0 saturated heterocycles. The maximum absolute atomic E-state index is 13.0. The topological polar surface area (TPSA) is 67.0 Å². The van der Waals surface area contributed by atoms with Crippen molar-refractivity contribution in [1.29, 1.82) is 0 Å². The van der Waals surface area contributed by atoms with E-state index in [4.69, 9.17) is 16.3 Å². The maximum Gasteiger partial charge on any atom is 0.258 e. The molecular formula is C16H13ClFN3O2. The summed E-state index contributed by atoms with van der Waals surface area (Å²) >= 11 is 5.64. The van der Waals surface area contributed by atoms with Crippen LogP contribution in [0.5, 0.6) is 5.75 Å². The zero-order chi connectivity index (χ0) is 16.2. The molecule has 0 fully saturated rings. The summed E-state index contributed by atoms with van der Waals surface area (Å²) in [5.74, 6) is 0.138. The highest BCUT2D eigenvalue weighted by Crippen LogP contribution is 2.20. The van der Waals surface area contributed by atoms with E-state index in [0.717, 1.165) is 11.0 Å². The number of fused-ring (bicyclic) bond motifs is 1. The van der Waals surface area contributed by atoms with Gasteiger partial charge in [-0.2, -0.15) is 0 Å². The molecule has 0 spiro atoms. The second-order valence-electron chi connectivity index (χ2n) is 4.84. The van der Waals surface area contributed by atoms with Crippen molar-refractivity contribution < 1.29 is 13.9 Å². The molecule has 2 aromatic carbocycles. The number of hydrogen-bond donors (Lipinski definition) is 2. The van der Waals surface area contributed by atoms with Crippen molar-refractivity contribution in [2.45, 2.75) is 6.54 Å². The smallest absolute Gasteiger partial charge is 0.258 e. The van der Waals surface area contributed by atoms with E-state index in [0.29, 0.717) is 11.6 Å². The van der Waals surface area contributed by atoms with E-state index in [1.54, 1.807) is 0 Å². The Morgan fingerprint density at radius 3 is 2.91 bits per heavy atom. The summed E-state index contributed by atoms with van der Waals surface area (Å²) in [6.07, 6.45) is 0. The highest BCUT2D eigenvalue weighted by molar-refractivity contribution is 6.30. The molecule has 3 rings (SSSR count). The summed E-state index contributed by atoms with van der Waals surface area (Å²) in [5, 5.41) is 2.64. The van der Waals surface area contributed by atoms with Crippen LogP contribution in [0.2, 0.25) is 5.02 Å². The Hall–Kier alpha value is -2.60. The lowest BCUT2D eigenvalue weighted by atomic mass is 10.3. The van der Waals surface area contributed by atoms with Crippen LogP contribution in [0.15, 0.2) is 42.5 Å². The zero-order valence-electron chi connectivity index (χ0n) is 12.0. The van der Waals surface area contributed by atoms with E-state index in [1.807, 2.05) is 24.3 Å². The van der Waals surface area contributed by atoms with Gasteiger partial charge in [-0.15, -0.1) is 0 Å². The van der Waals surface area contributed by atoms with E-state index in [1.165, 1.54) is 18.2 Å². The average molecular weight is 334 g/mol. The van der Waals surface area contributed by atoms with Gasteiger partial charge in [0.15, 0.2) is 6.61 Å². The number of aromatic amines is 1. The molecule has 0 saturated carbocycles. The predicted molar refractivity (Wildman–Crippen MR) is 84.8 cm³/mol.